The third-order valence-corrected chi connectivity index (χ3v) is 2.99. The van der Waals surface area contributed by atoms with Crippen LogP contribution in [0.4, 0.5) is 0 Å². The Kier molecular flexibility index (Phi) is 4.74. The first kappa shape index (κ1) is 12.6. The van der Waals surface area contributed by atoms with E-state index < -0.39 is 0 Å². The van der Waals surface area contributed by atoms with Crippen LogP contribution < -0.4 is 0 Å². The molecular weight excluding hydrogens is 220 g/mol. The standard InChI is InChI=1S/C17H18O/c18-14-13-17(16-9-5-2-6-10-16)12-11-15-7-3-1-4-8-15/h1-12,17-18H,13-14H2/b12-11+. The SMILES string of the molecule is OCCC(/C=C/c1ccccc1)c1ccccc1. The van der Waals surface area contributed by atoms with E-state index in [-0.39, 0.29) is 12.5 Å². The largest absolute Gasteiger partial charge is 0.396 e. The normalized spacial score (nSPS) is 12.7. The second-order valence-electron chi connectivity index (χ2n) is 4.30. The number of aliphatic hydroxyl groups is 1. The number of rotatable bonds is 5. The monoisotopic (exact) mass is 238 g/mol. The maximum atomic E-state index is 9.16. The highest BCUT2D eigenvalue weighted by Crippen LogP contribution is 2.21. The second kappa shape index (κ2) is 6.77. The first-order chi connectivity index (χ1) is 8.90. The van der Waals surface area contributed by atoms with Crippen molar-refractivity contribution in [1.82, 2.24) is 0 Å². The van der Waals surface area contributed by atoms with Crippen LogP contribution in [-0.2, 0) is 0 Å². The molecule has 0 amide bonds. The molecule has 1 unspecified atom stereocenters. The lowest BCUT2D eigenvalue weighted by Gasteiger charge is -2.11. The minimum Gasteiger partial charge on any atom is -0.396 e. The lowest BCUT2D eigenvalue weighted by atomic mass is 9.95. The van der Waals surface area contributed by atoms with E-state index in [0.717, 1.165) is 6.42 Å². The van der Waals surface area contributed by atoms with Gasteiger partial charge in [0.2, 0.25) is 0 Å². The van der Waals surface area contributed by atoms with E-state index >= 15 is 0 Å². The fourth-order valence-corrected chi connectivity index (χ4v) is 2.00. The first-order valence-corrected chi connectivity index (χ1v) is 6.29. The molecule has 2 aromatic carbocycles. The maximum absolute atomic E-state index is 9.16. The molecule has 1 N–H and O–H groups in total. The summed E-state index contributed by atoms with van der Waals surface area (Å²) in [4.78, 5) is 0. The number of benzene rings is 2. The van der Waals surface area contributed by atoms with Crippen LogP contribution in [0.3, 0.4) is 0 Å². The Labute approximate surface area is 108 Å². The Morgan fingerprint density at radius 3 is 2.11 bits per heavy atom. The predicted molar refractivity (Wildman–Crippen MR) is 76.4 cm³/mol. The van der Waals surface area contributed by atoms with E-state index in [1.807, 2.05) is 36.4 Å². The van der Waals surface area contributed by atoms with Crippen LogP contribution in [0.15, 0.2) is 66.7 Å². The molecule has 0 saturated heterocycles. The average Bonchev–Trinajstić information content (AvgIpc) is 2.45. The van der Waals surface area contributed by atoms with Crippen LogP contribution in [0.1, 0.15) is 23.5 Å². The minimum absolute atomic E-state index is 0.207. The van der Waals surface area contributed by atoms with E-state index in [0.29, 0.717) is 0 Å². The molecule has 0 aliphatic rings. The van der Waals surface area contributed by atoms with Crippen molar-refractivity contribution in [2.75, 3.05) is 6.61 Å². The van der Waals surface area contributed by atoms with Crippen molar-refractivity contribution >= 4 is 6.08 Å². The molecule has 2 rings (SSSR count). The van der Waals surface area contributed by atoms with Gasteiger partial charge in [0.1, 0.15) is 0 Å². The molecule has 0 aliphatic carbocycles. The molecule has 0 fully saturated rings. The molecule has 0 spiro atoms. The van der Waals surface area contributed by atoms with E-state index in [4.69, 9.17) is 5.11 Å². The van der Waals surface area contributed by atoms with Gasteiger partial charge in [0.05, 0.1) is 0 Å². The van der Waals surface area contributed by atoms with Gasteiger partial charge in [-0.3, -0.25) is 0 Å². The summed E-state index contributed by atoms with van der Waals surface area (Å²) >= 11 is 0. The van der Waals surface area contributed by atoms with Gasteiger partial charge in [-0.1, -0.05) is 72.8 Å². The molecule has 1 heteroatoms. The highest BCUT2D eigenvalue weighted by atomic mass is 16.3. The van der Waals surface area contributed by atoms with Gasteiger partial charge in [0.15, 0.2) is 0 Å². The quantitative estimate of drug-likeness (QED) is 0.838. The lowest BCUT2D eigenvalue weighted by molar-refractivity contribution is 0.283. The summed E-state index contributed by atoms with van der Waals surface area (Å²) in [6.45, 7) is 0.207. The van der Waals surface area contributed by atoms with Gasteiger partial charge in [-0.05, 0) is 17.5 Å². The Hall–Kier alpha value is -1.86. The smallest absolute Gasteiger partial charge is 0.0439 e. The topological polar surface area (TPSA) is 20.2 Å². The van der Waals surface area contributed by atoms with Gasteiger partial charge in [0.25, 0.3) is 0 Å². The number of hydrogen-bond donors (Lipinski definition) is 1. The molecule has 0 heterocycles. The minimum atomic E-state index is 0.207. The van der Waals surface area contributed by atoms with Crippen LogP contribution in [0.25, 0.3) is 6.08 Å². The molecule has 18 heavy (non-hydrogen) atoms. The van der Waals surface area contributed by atoms with Crippen LogP contribution >= 0.6 is 0 Å². The molecular formula is C17H18O. The summed E-state index contributed by atoms with van der Waals surface area (Å²) in [7, 11) is 0. The number of allylic oxidation sites excluding steroid dienone is 1. The van der Waals surface area contributed by atoms with Crippen molar-refractivity contribution in [1.29, 1.82) is 0 Å². The highest BCUT2D eigenvalue weighted by Gasteiger charge is 2.06. The van der Waals surface area contributed by atoms with Gasteiger partial charge in [0, 0.05) is 12.5 Å². The Morgan fingerprint density at radius 1 is 0.889 bits per heavy atom. The summed E-state index contributed by atoms with van der Waals surface area (Å²) < 4.78 is 0. The fraction of sp³-hybridized carbons (Fsp3) is 0.176. The molecule has 0 aromatic heterocycles. The zero-order chi connectivity index (χ0) is 12.6. The van der Waals surface area contributed by atoms with Gasteiger partial charge >= 0.3 is 0 Å². The molecule has 2 aromatic rings. The van der Waals surface area contributed by atoms with Crippen molar-refractivity contribution in [3.63, 3.8) is 0 Å². The number of hydrogen-bond acceptors (Lipinski definition) is 1. The summed E-state index contributed by atoms with van der Waals surface area (Å²) in [5.74, 6) is 0.274. The molecule has 0 aliphatic heterocycles. The van der Waals surface area contributed by atoms with Crippen molar-refractivity contribution in [2.45, 2.75) is 12.3 Å². The molecule has 0 saturated carbocycles. The predicted octanol–water partition coefficient (Wildman–Crippen LogP) is 3.87. The number of aliphatic hydroxyl groups excluding tert-OH is 1. The Balaban J connectivity index is 2.14. The fourth-order valence-electron chi connectivity index (χ4n) is 2.00. The van der Waals surface area contributed by atoms with E-state index in [1.54, 1.807) is 0 Å². The van der Waals surface area contributed by atoms with Gasteiger partial charge < -0.3 is 5.11 Å². The molecule has 1 atom stereocenters. The van der Waals surface area contributed by atoms with E-state index in [9.17, 15) is 0 Å². The Bertz CT molecular complexity index is 473. The van der Waals surface area contributed by atoms with Crippen molar-refractivity contribution in [3.05, 3.63) is 77.9 Å². The first-order valence-electron chi connectivity index (χ1n) is 6.29. The van der Waals surface area contributed by atoms with E-state index in [1.165, 1.54) is 11.1 Å². The van der Waals surface area contributed by atoms with Gasteiger partial charge in [-0.15, -0.1) is 0 Å². The van der Waals surface area contributed by atoms with Crippen molar-refractivity contribution in [2.24, 2.45) is 0 Å². The van der Waals surface area contributed by atoms with Crippen LogP contribution in [0, 0.1) is 0 Å². The van der Waals surface area contributed by atoms with E-state index in [2.05, 4.69) is 36.4 Å². The summed E-state index contributed by atoms with van der Waals surface area (Å²) in [5, 5.41) is 9.16. The third-order valence-electron chi connectivity index (χ3n) is 2.99. The van der Waals surface area contributed by atoms with Gasteiger partial charge in [-0.2, -0.15) is 0 Å². The lowest BCUT2D eigenvalue weighted by Crippen LogP contribution is -1.98. The second-order valence-corrected chi connectivity index (χ2v) is 4.30. The highest BCUT2D eigenvalue weighted by molar-refractivity contribution is 5.50. The van der Waals surface area contributed by atoms with Crippen molar-refractivity contribution < 1.29 is 5.11 Å². The zero-order valence-corrected chi connectivity index (χ0v) is 10.4. The zero-order valence-electron chi connectivity index (χ0n) is 10.4. The van der Waals surface area contributed by atoms with Crippen LogP contribution in [0.5, 0.6) is 0 Å². The average molecular weight is 238 g/mol. The summed E-state index contributed by atoms with van der Waals surface area (Å²) in [6.07, 6.45) is 5.04. The molecule has 92 valence electrons. The third kappa shape index (κ3) is 3.57. The molecule has 0 bridgehead atoms. The van der Waals surface area contributed by atoms with Gasteiger partial charge in [-0.25, -0.2) is 0 Å². The van der Waals surface area contributed by atoms with Crippen LogP contribution in [-0.4, -0.2) is 11.7 Å². The van der Waals surface area contributed by atoms with Crippen LogP contribution in [0.2, 0.25) is 0 Å². The summed E-state index contributed by atoms with van der Waals surface area (Å²) in [5.41, 5.74) is 2.44. The Morgan fingerprint density at radius 2 is 1.50 bits per heavy atom. The van der Waals surface area contributed by atoms with Crippen molar-refractivity contribution in [3.8, 4) is 0 Å². The molecule has 1 nitrogen and oxygen atoms in total. The molecule has 0 radical (unpaired) electrons. The maximum Gasteiger partial charge on any atom is 0.0439 e. The summed E-state index contributed by atoms with van der Waals surface area (Å²) in [6, 6.07) is 20.5.